The van der Waals surface area contributed by atoms with Gasteiger partial charge in [-0.2, -0.15) is 0 Å². The highest BCUT2D eigenvalue weighted by Crippen LogP contribution is 2.26. The summed E-state index contributed by atoms with van der Waals surface area (Å²) < 4.78 is 5.56. The van der Waals surface area contributed by atoms with E-state index in [0.717, 1.165) is 38.9 Å². The number of carbonyl (C=O) groups is 1. The van der Waals surface area contributed by atoms with E-state index in [2.05, 4.69) is 19.2 Å². The zero-order valence-corrected chi connectivity index (χ0v) is 11.9. The molecule has 2 aliphatic heterocycles. The zero-order chi connectivity index (χ0) is 13.2. The Hall–Kier alpha value is -0.610. The number of piperidine rings is 2. The van der Waals surface area contributed by atoms with Gasteiger partial charge >= 0.3 is 0 Å². The molecule has 2 heterocycles. The third kappa shape index (κ3) is 2.86. The first-order chi connectivity index (χ1) is 8.56. The molecule has 2 saturated heterocycles. The lowest BCUT2D eigenvalue weighted by Crippen LogP contribution is -2.57. The molecular weight excluding hydrogens is 228 g/mol. The fraction of sp³-hybridized carbons (Fsp3) is 0.929. The van der Waals surface area contributed by atoms with E-state index >= 15 is 0 Å². The highest BCUT2D eigenvalue weighted by molar-refractivity contribution is 5.82. The summed E-state index contributed by atoms with van der Waals surface area (Å²) in [4.78, 5) is 14.6. The molecule has 0 spiro atoms. The number of likely N-dealkylation sites (tertiary alicyclic amines) is 1. The van der Waals surface area contributed by atoms with Crippen LogP contribution < -0.4 is 5.32 Å². The number of carbonyl (C=O) groups excluding carboxylic acids is 1. The van der Waals surface area contributed by atoms with Crippen LogP contribution in [0.1, 0.15) is 39.5 Å². The van der Waals surface area contributed by atoms with Gasteiger partial charge in [0.25, 0.3) is 0 Å². The Morgan fingerprint density at radius 2 is 2.22 bits per heavy atom. The fourth-order valence-electron chi connectivity index (χ4n) is 3.14. The van der Waals surface area contributed by atoms with Crippen LogP contribution in [-0.4, -0.2) is 49.2 Å². The lowest BCUT2D eigenvalue weighted by molar-refractivity contribution is -0.143. The minimum atomic E-state index is -0.161. The predicted octanol–water partition coefficient (Wildman–Crippen LogP) is 1.40. The molecule has 104 valence electrons. The van der Waals surface area contributed by atoms with Crippen LogP contribution in [0, 0.1) is 5.92 Å². The number of hydrogen-bond acceptors (Lipinski definition) is 3. The van der Waals surface area contributed by atoms with E-state index < -0.39 is 0 Å². The minimum Gasteiger partial charge on any atom is -0.377 e. The monoisotopic (exact) mass is 254 g/mol. The van der Waals surface area contributed by atoms with Crippen molar-refractivity contribution in [2.75, 3.05) is 26.7 Å². The van der Waals surface area contributed by atoms with Gasteiger partial charge in [0, 0.05) is 20.2 Å². The van der Waals surface area contributed by atoms with Crippen LogP contribution in [0.3, 0.4) is 0 Å². The van der Waals surface area contributed by atoms with Gasteiger partial charge in [0.05, 0.1) is 11.6 Å². The van der Waals surface area contributed by atoms with Crippen molar-refractivity contribution < 1.29 is 9.53 Å². The largest absolute Gasteiger partial charge is 0.377 e. The molecule has 0 aliphatic carbocycles. The first-order valence-corrected chi connectivity index (χ1v) is 7.13. The third-order valence-corrected chi connectivity index (χ3v) is 4.50. The zero-order valence-electron chi connectivity index (χ0n) is 11.9. The summed E-state index contributed by atoms with van der Waals surface area (Å²) in [7, 11) is 1.75. The Kier molecular flexibility index (Phi) is 4.28. The average Bonchev–Trinajstić information content (AvgIpc) is 2.39. The lowest BCUT2D eigenvalue weighted by atomic mass is 9.89. The van der Waals surface area contributed by atoms with Crippen molar-refractivity contribution in [2.24, 2.45) is 5.92 Å². The van der Waals surface area contributed by atoms with E-state index in [4.69, 9.17) is 4.74 Å². The fourth-order valence-corrected chi connectivity index (χ4v) is 3.14. The number of hydrogen-bond donors (Lipinski definition) is 1. The summed E-state index contributed by atoms with van der Waals surface area (Å²) in [6, 6.07) is 0.0120. The molecule has 0 saturated carbocycles. The Labute approximate surface area is 110 Å². The predicted molar refractivity (Wildman–Crippen MR) is 71.4 cm³/mol. The van der Waals surface area contributed by atoms with Crippen LogP contribution >= 0.6 is 0 Å². The minimum absolute atomic E-state index is 0.0120. The second-order valence-corrected chi connectivity index (χ2v) is 6.07. The van der Waals surface area contributed by atoms with Gasteiger partial charge in [-0.05, 0) is 45.1 Å². The van der Waals surface area contributed by atoms with Crippen LogP contribution in [0.25, 0.3) is 0 Å². The number of ether oxygens (including phenoxy) is 1. The maximum absolute atomic E-state index is 12.6. The van der Waals surface area contributed by atoms with Gasteiger partial charge < -0.3 is 15.0 Å². The number of rotatable bonds is 2. The van der Waals surface area contributed by atoms with E-state index in [1.165, 1.54) is 6.42 Å². The van der Waals surface area contributed by atoms with Crippen LogP contribution in [0.2, 0.25) is 0 Å². The van der Waals surface area contributed by atoms with E-state index in [-0.39, 0.29) is 17.6 Å². The van der Waals surface area contributed by atoms with E-state index in [9.17, 15) is 4.79 Å². The Morgan fingerprint density at radius 1 is 1.44 bits per heavy atom. The van der Waals surface area contributed by atoms with Crippen molar-refractivity contribution in [2.45, 2.75) is 51.2 Å². The number of methoxy groups -OCH3 is 1. The standard InChI is InChI=1S/C14H26N2O2/c1-11-6-4-8-15-12(11)13(17)16-9-5-7-14(2,10-16)18-3/h11-12,15H,4-10H2,1-3H3. The molecule has 2 aliphatic rings. The highest BCUT2D eigenvalue weighted by Gasteiger charge is 2.37. The molecular formula is C14H26N2O2. The Balaban J connectivity index is 1.99. The second-order valence-electron chi connectivity index (χ2n) is 6.07. The van der Waals surface area contributed by atoms with Crippen LogP contribution in [-0.2, 0) is 9.53 Å². The first kappa shape index (κ1) is 13.8. The molecule has 4 nitrogen and oxygen atoms in total. The maximum Gasteiger partial charge on any atom is 0.240 e. The van der Waals surface area contributed by atoms with Gasteiger partial charge in [-0.25, -0.2) is 0 Å². The summed E-state index contributed by atoms with van der Waals surface area (Å²) in [5.74, 6) is 0.715. The van der Waals surface area contributed by atoms with Crippen molar-refractivity contribution in [3.63, 3.8) is 0 Å². The summed E-state index contributed by atoms with van der Waals surface area (Å²) in [5, 5.41) is 3.38. The van der Waals surface area contributed by atoms with E-state index in [0.29, 0.717) is 5.92 Å². The molecule has 0 radical (unpaired) electrons. The van der Waals surface area contributed by atoms with Gasteiger partial charge in [0.15, 0.2) is 0 Å². The first-order valence-electron chi connectivity index (χ1n) is 7.13. The van der Waals surface area contributed by atoms with Gasteiger partial charge in [-0.1, -0.05) is 6.92 Å². The average molecular weight is 254 g/mol. The summed E-state index contributed by atoms with van der Waals surface area (Å²) in [6.07, 6.45) is 4.41. The molecule has 3 atom stereocenters. The van der Waals surface area contributed by atoms with Crippen LogP contribution in [0.4, 0.5) is 0 Å². The smallest absolute Gasteiger partial charge is 0.240 e. The Bertz CT molecular complexity index is 308. The van der Waals surface area contributed by atoms with Crippen molar-refractivity contribution in [1.29, 1.82) is 0 Å². The molecule has 0 aromatic rings. The summed E-state index contributed by atoms with van der Waals surface area (Å²) >= 11 is 0. The van der Waals surface area contributed by atoms with Crippen molar-refractivity contribution >= 4 is 5.91 Å². The SMILES string of the molecule is COC1(C)CCCN(C(=O)C2NCCCC2C)C1. The molecule has 0 aromatic heterocycles. The molecule has 18 heavy (non-hydrogen) atoms. The normalized spacial score (nSPS) is 37.6. The summed E-state index contributed by atoms with van der Waals surface area (Å²) in [5.41, 5.74) is -0.161. The quantitative estimate of drug-likeness (QED) is 0.810. The van der Waals surface area contributed by atoms with E-state index in [1.54, 1.807) is 7.11 Å². The van der Waals surface area contributed by atoms with Crippen molar-refractivity contribution in [1.82, 2.24) is 10.2 Å². The van der Waals surface area contributed by atoms with Gasteiger partial charge in [0.2, 0.25) is 5.91 Å². The molecule has 3 unspecified atom stereocenters. The van der Waals surface area contributed by atoms with Crippen molar-refractivity contribution in [3.8, 4) is 0 Å². The lowest BCUT2D eigenvalue weighted by Gasteiger charge is -2.42. The molecule has 0 aromatic carbocycles. The third-order valence-electron chi connectivity index (χ3n) is 4.50. The molecule has 1 N–H and O–H groups in total. The van der Waals surface area contributed by atoms with E-state index in [1.807, 2.05) is 4.90 Å². The highest BCUT2D eigenvalue weighted by atomic mass is 16.5. The maximum atomic E-state index is 12.6. The van der Waals surface area contributed by atoms with Crippen LogP contribution in [0.15, 0.2) is 0 Å². The number of nitrogens with one attached hydrogen (secondary N) is 1. The topological polar surface area (TPSA) is 41.6 Å². The van der Waals surface area contributed by atoms with Crippen LogP contribution in [0.5, 0.6) is 0 Å². The molecule has 2 rings (SSSR count). The number of nitrogens with zero attached hydrogens (tertiary/aromatic N) is 1. The molecule has 4 heteroatoms. The van der Waals surface area contributed by atoms with Crippen molar-refractivity contribution in [3.05, 3.63) is 0 Å². The van der Waals surface area contributed by atoms with Gasteiger partial charge in [-0.3, -0.25) is 4.79 Å². The number of amides is 1. The Morgan fingerprint density at radius 3 is 2.89 bits per heavy atom. The molecule has 1 amide bonds. The van der Waals surface area contributed by atoms with Gasteiger partial charge in [0.1, 0.15) is 0 Å². The molecule has 0 bridgehead atoms. The molecule has 2 fully saturated rings. The summed E-state index contributed by atoms with van der Waals surface area (Å²) in [6.45, 7) is 6.85. The van der Waals surface area contributed by atoms with Gasteiger partial charge in [-0.15, -0.1) is 0 Å². The second kappa shape index (κ2) is 5.57.